The minimum Gasteiger partial charge on any atom is -0.368 e. The van der Waals surface area contributed by atoms with E-state index in [0.717, 1.165) is 57.2 Å². The molecule has 1 amide bonds. The number of imidazole rings is 1. The van der Waals surface area contributed by atoms with Gasteiger partial charge in [0.15, 0.2) is 5.96 Å². The van der Waals surface area contributed by atoms with Gasteiger partial charge in [0, 0.05) is 71.7 Å². The van der Waals surface area contributed by atoms with Crippen LogP contribution in [0.3, 0.4) is 0 Å². The van der Waals surface area contributed by atoms with Crippen molar-refractivity contribution in [2.45, 2.75) is 31.9 Å². The van der Waals surface area contributed by atoms with Crippen LogP contribution in [0.1, 0.15) is 24.2 Å². The number of aromatic nitrogens is 2. The van der Waals surface area contributed by atoms with Crippen LogP contribution >= 0.6 is 24.0 Å². The maximum Gasteiger partial charge on any atom is 0.251 e. The summed E-state index contributed by atoms with van der Waals surface area (Å²) in [6.45, 7) is 5.26. The van der Waals surface area contributed by atoms with E-state index in [1.54, 1.807) is 0 Å². The van der Waals surface area contributed by atoms with Crippen molar-refractivity contribution < 1.29 is 9.53 Å². The number of benzene rings is 1. The zero-order valence-electron chi connectivity index (χ0n) is 18.7. The van der Waals surface area contributed by atoms with Crippen LogP contribution in [0.5, 0.6) is 0 Å². The van der Waals surface area contributed by atoms with Gasteiger partial charge < -0.3 is 24.4 Å². The highest BCUT2D eigenvalue weighted by Crippen LogP contribution is 2.16. The van der Waals surface area contributed by atoms with E-state index in [1.165, 1.54) is 5.56 Å². The Morgan fingerprint density at radius 2 is 1.94 bits per heavy atom. The Kier molecular flexibility index (Phi) is 9.34. The molecule has 0 spiro atoms. The van der Waals surface area contributed by atoms with E-state index < -0.39 is 0 Å². The maximum absolute atomic E-state index is 12.5. The van der Waals surface area contributed by atoms with Crippen molar-refractivity contribution >= 4 is 35.8 Å². The van der Waals surface area contributed by atoms with Crippen LogP contribution < -0.4 is 5.32 Å². The van der Waals surface area contributed by atoms with Crippen molar-refractivity contribution in [2.24, 2.45) is 4.99 Å². The molecule has 174 valence electrons. The van der Waals surface area contributed by atoms with Gasteiger partial charge in [0.05, 0.1) is 0 Å². The summed E-state index contributed by atoms with van der Waals surface area (Å²) in [5.41, 5.74) is 1.26. The number of amides is 1. The van der Waals surface area contributed by atoms with Crippen molar-refractivity contribution in [3.63, 3.8) is 0 Å². The lowest BCUT2D eigenvalue weighted by Gasteiger charge is -2.37. The number of hydrogen-bond acceptors (Lipinski definition) is 4. The van der Waals surface area contributed by atoms with Gasteiger partial charge in [-0.1, -0.05) is 30.3 Å². The summed E-state index contributed by atoms with van der Waals surface area (Å²) < 4.78 is 7.74. The second-order valence-corrected chi connectivity index (χ2v) is 7.99. The molecule has 1 N–H and O–H groups in total. The van der Waals surface area contributed by atoms with Gasteiger partial charge >= 0.3 is 0 Å². The molecule has 32 heavy (non-hydrogen) atoms. The predicted molar refractivity (Wildman–Crippen MR) is 135 cm³/mol. The molecule has 1 atom stereocenters. The number of guanidine groups is 1. The molecule has 2 aliphatic rings. The Morgan fingerprint density at radius 1 is 1.19 bits per heavy atom. The van der Waals surface area contributed by atoms with E-state index in [-0.39, 0.29) is 36.0 Å². The Bertz CT molecular complexity index is 874. The quantitative estimate of drug-likeness (QED) is 0.337. The standard InChI is InChI=1S/C23H32N6O2.HI/c1-24-23(28-15-13-27(14-16-28)22(30)20-8-5-17-31-20)26-10-9-21-25-11-12-29(21)18-19-6-3-2-4-7-19;/h2-4,6-7,11-12,20H,5,8-10,13-18H2,1H3,(H,24,26);1H. The Hall–Kier alpha value is -2.14. The summed E-state index contributed by atoms with van der Waals surface area (Å²) in [6, 6.07) is 10.4. The maximum atomic E-state index is 12.5. The van der Waals surface area contributed by atoms with Gasteiger partial charge in [0.2, 0.25) is 0 Å². The molecule has 9 heteroatoms. The van der Waals surface area contributed by atoms with Gasteiger partial charge in [0.25, 0.3) is 5.91 Å². The summed E-state index contributed by atoms with van der Waals surface area (Å²) >= 11 is 0. The molecule has 2 aromatic rings. The molecule has 8 nitrogen and oxygen atoms in total. The minimum atomic E-state index is -0.233. The first-order chi connectivity index (χ1) is 15.2. The fraction of sp³-hybridized carbons (Fsp3) is 0.522. The number of nitrogens with zero attached hydrogens (tertiary/aromatic N) is 5. The van der Waals surface area contributed by atoms with E-state index in [1.807, 2.05) is 30.4 Å². The van der Waals surface area contributed by atoms with E-state index in [4.69, 9.17) is 4.74 Å². The van der Waals surface area contributed by atoms with Gasteiger partial charge in [-0.05, 0) is 18.4 Å². The summed E-state index contributed by atoms with van der Waals surface area (Å²) in [4.78, 5) is 25.7. The van der Waals surface area contributed by atoms with Crippen LogP contribution in [0, 0.1) is 0 Å². The highest BCUT2D eigenvalue weighted by atomic mass is 127. The number of rotatable bonds is 6. The second-order valence-electron chi connectivity index (χ2n) is 7.99. The van der Waals surface area contributed by atoms with Crippen LogP contribution in [0.2, 0.25) is 0 Å². The zero-order valence-corrected chi connectivity index (χ0v) is 21.0. The Morgan fingerprint density at radius 3 is 2.62 bits per heavy atom. The molecular formula is C23H33IN6O2. The SMILES string of the molecule is CN=C(NCCc1nccn1Cc1ccccc1)N1CCN(C(=O)C2CCCO2)CC1.I. The number of hydrogen-bond donors (Lipinski definition) is 1. The normalized spacial score (nSPS) is 19.0. The molecular weight excluding hydrogens is 519 g/mol. The van der Waals surface area contributed by atoms with Crippen LogP contribution in [0.15, 0.2) is 47.7 Å². The fourth-order valence-corrected chi connectivity index (χ4v) is 4.23. The molecule has 2 fully saturated rings. The van der Waals surface area contributed by atoms with Gasteiger partial charge in [-0.2, -0.15) is 0 Å². The first-order valence-corrected chi connectivity index (χ1v) is 11.1. The van der Waals surface area contributed by atoms with Crippen LogP contribution in [0.4, 0.5) is 0 Å². The molecule has 0 radical (unpaired) electrons. The first-order valence-electron chi connectivity index (χ1n) is 11.1. The smallest absolute Gasteiger partial charge is 0.251 e. The largest absolute Gasteiger partial charge is 0.368 e. The monoisotopic (exact) mass is 552 g/mol. The topological polar surface area (TPSA) is 75.0 Å². The number of aliphatic imine (C=N–C) groups is 1. The summed E-state index contributed by atoms with van der Waals surface area (Å²) in [5, 5.41) is 3.46. The van der Waals surface area contributed by atoms with E-state index in [9.17, 15) is 4.79 Å². The van der Waals surface area contributed by atoms with E-state index in [0.29, 0.717) is 19.7 Å². The van der Waals surface area contributed by atoms with Gasteiger partial charge in [-0.3, -0.25) is 9.79 Å². The summed E-state index contributed by atoms with van der Waals surface area (Å²) in [7, 11) is 1.81. The van der Waals surface area contributed by atoms with Crippen LogP contribution in [-0.4, -0.2) is 83.7 Å². The molecule has 1 unspecified atom stereocenters. The lowest BCUT2D eigenvalue weighted by Crippen LogP contribution is -2.55. The second kappa shape index (κ2) is 12.2. The molecule has 2 aliphatic heterocycles. The van der Waals surface area contributed by atoms with Gasteiger partial charge in [-0.25, -0.2) is 4.98 Å². The molecule has 2 saturated heterocycles. The first kappa shape index (κ1) is 24.5. The van der Waals surface area contributed by atoms with Crippen molar-refractivity contribution in [3.8, 4) is 0 Å². The van der Waals surface area contributed by atoms with Gasteiger partial charge in [0.1, 0.15) is 11.9 Å². The number of halogens is 1. The lowest BCUT2D eigenvalue weighted by atomic mass is 10.2. The summed E-state index contributed by atoms with van der Waals surface area (Å²) in [6.07, 6.45) is 6.30. The van der Waals surface area contributed by atoms with Crippen molar-refractivity contribution in [3.05, 3.63) is 54.1 Å². The molecule has 4 rings (SSSR count). The molecule has 1 aromatic carbocycles. The average molecular weight is 552 g/mol. The van der Waals surface area contributed by atoms with Crippen molar-refractivity contribution in [2.75, 3.05) is 46.4 Å². The number of piperazine rings is 1. The highest BCUT2D eigenvalue weighted by molar-refractivity contribution is 14.0. The third-order valence-electron chi connectivity index (χ3n) is 5.94. The third-order valence-corrected chi connectivity index (χ3v) is 5.94. The zero-order chi connectivity index (χ0) is 21.5. The van der Waals surface area contributed by atoms with E-state index in [2.05, 4.69) is 49.0 Å². The molecule has 0 bridgehead atoms. The van der Waals surface area contributed by atoms with Crippen LogP contribution in [-0.2, 0) is 22.5 Å². The Balaban J connectivity index is 0.00000289. The number of carbonyl (C=O) groups is 1. The fourth-order valence-electron chi connectivity index (χ4n) is 4.23. The number of nitrogens with one attached hydrogen (secondary N) is 1. The average Bonchev–Trinajstić information content (AvgIpc) is 3.50. The molecule has 0 saturated carbocycles. The van der Waals surface area contributed by atoms with Crippen LogP contribution in [0.25, 0.3) is 0 Å². The summed E-state index contributed by atoms with van der Waals surface area (Å²) in [5.74, 6) is 2.08. The van der Waals surface area contributed by atoms with Crippen molar-refractivity contribution in [1.29, 1.82) is 0 Å². The molecule has 3 heterocycles. The lowest BCUT2D eigenvalue weighted by molar-refractivity contribution is -0.142. The van der Waals surface area contributed by atoms with Crippen molar-refractivity contribution in [1.82, 2.24) is 24.7 Å². The van der Waals surface area contributed by atoms with Gasteiger partial charge in [-0.15, -0.1) is 24.0 Å². The minimum absolute atomic E-state index is 0. The van der Waals surface area contributed by atoms with E-state index >= 15 is 0 Å². The third kappa shape index (κ3) is 6.22. The number of carbonyl (C=O) groups excluding carboxylic acids is 1. The molecule has 0 aliphatic carbocycles. The number of ether oxygens (including phenoxy) is 1. The highest BCUT2D eigenvalue weighted by Gasteiger charge is 2.30. The Labute approximate surface area is 207 Å². The molecule has 1 aromatic heterocycles. The predicted octanol–water partition coefficient (Wildman–Crippen LogP) is 1.99.